The van der Waals surface area contributed by atoms with Crippen LogP contribution in [0.15, 0.2) is 47.3 Å². The number of hydrogen-bond acceptors (Lipinski definition) is 5. The second-order valence-corrected chi connectivity index (χ2v) is 7.30. The lowest BCUT2D eigenvalue weighted by molar-refractivity contribution is -0.117. The van der Waals surface area contributed by atoms with Gasteiger partial charge in [-0.25, -0.2) is 4.98 Å². The molecule has 0 saturated carbocycles. The number of hydrazine groups is 1. The number of carbonyl (C=O) groups excluding carboxylic acids is 2. The Morgan fingerprint density at radius 2 is 2.00 bits per heavy atom. The van der Waals surface area contributed by atoms with E-state index in [-0.39, 0.29) is 17.4 Å². The Hall–Kier alpha value is -3.39. The molecule has 2 N–H and O–H groups in total. The molecule has 8 nitrogen and oxygen atoms in total. The van der Waals surface area contributed by atoms with E-state index in [1.807, 2.05) is 6.92 Å². The van der Waals surface area contributed by atoms with Crippen LogP contribution in [0.4, 0.5) is 11.6 Å². The first-order chi connectivity index (χ1) is 14.5. The fourth-order valence-electron chi connectivity index (χ4n) is 3.51. The van der Waals surface area contributed by atoms with Gasteiger partial charge >= 0.3 is 0 Å². The molecular weight excluding hydrogens is 406 g/mol. The van der Waals surface area contributed by atoms with Gasteiger partial charge in [-0.3, -0.25) is 29.8 Å². The minimum atomic E-state index is -0.440. The van der Waals surface area contributed by atoms with Gasteiger partial charge in [0.15, 0.2) is 0 Å². The van der Waals surface area contributed by atoms with Gasteiger partial charge in [0.05, 0.1) is 21.6 Å². The minimum Gasteiger partial charge on any atom is -0.311 e. The van der Waals surface area contributed by atoms with Gasteiger partial charge in [-0.15, -0.1) is 0 Å². The van der Waals surface area contributed by atoms with Crippen LogP contribution in [0.25, 0.3) is 10.9 Å². The number of hydrogen-bond donors (Lipinski definition) is 2. The van der Waals surface area contributed by atoms with Gasteiger partial charge in [-0.1, -0.05) is 23.7 Å². The summed E-state index contributed by atoms with van der Waals surface area (Å²) in [5.74, 6) is -0.219. The normalized spacial score (nSPS) is 13.7. The lowest BCUT2D eigenvalue weighted by Crippen LogP contribution is -2.34. The number of anilines is 2. The van der Waals surface area contributed by atoms with E-state index in [1.165, 1.54) is 4.57 Å². The summed E-state index contributed by atoms with van der Waals surface area (Å²) in [7, 11) is 0. The quantitative estimate of drug-likeness (QED) is 0.612. The highest BCUT2D eigenvalue weighted by Crippen LogP contribution is 2.30. The number of fused-ring (bicyclic) bond motifs is 1. The predicted octanol–water partition coefficient (Wildman–Crippen LogP) is 2.95. The molecular formula is C21H20ClN5O3. The molecule has 2 amide bonds. The van der Waals surface area contributed by atoms with Gasteiger partial charge in [0.1, 0.15) is 0 Å². The Morgan fingerprint density at radius 1 is 1.20 bits per heavy atom. The molecule has 154 valence electrons. The van der Waals surface area contributed by atoms with Crippen molar-refractivity contribution in [3.8, 4) is 0 Å². The summed E-state index contributed by atoms with van der Waals surface area (Å²) in [6, 6.07) is 11.8. The number of nitrogens with one attached hydrogen (secondary N) is 2. The lowest BCUT2D eigenvalue weighted by Gasteiger charge is -2.18. The van der Waals surface area contributed by atoms with Crippen molar-refractivity contribution in [2.24, 2.45) is 0 Å². The van der Waals surface area contributed by atoms with E-state index in [0.717, 1.165) is 6.42 Å². The van der Waals surface area contributed by atoms with E-state index < -0.39 is 5.91 Å². The van der Waals surface area contributed by atoms with Gasteiger partial charge in [0.25, 0.3) is 11.5 Å². The van der Waals surface area contributed by atoms with E-state index in [1.54, 1.807) is 47.4 Å². The van der Waals surface area contributed by atoms with Gasteiger partial charge < -0.3 is 4.90 Å². The first kappa shape index (κ1) is 19.9. The van der Waals surface area contributed by atoms with Crippen LogP contribution in [-0.2, 0) is 11.3 Å². The molecule has 0 atom stereocenters. The number of rotatable bonds is 5. The molecule has 0 bridgehead atoms. The maximum absolute atomic E-state index is 12.7. The van der Waals surface area contributed by atoms with Crippen LogP contribution < -0.4 is 21.3 Å². The molecule has 2 heterocycles. The zero-order valence-electron chi connectivity index (χ0n) is 16.3. The monoisotopic (exact) mass is 425 g/mol. The van der Waals surface area contributed by atoms with Crippen LogP contribution in [0.1, 0.15) is 30.1 Å². The molecule has 9 heteroatoms. The number of nitrogens with zero attached hydrogens (tertiary/aromatic N) is 3. The fourth-order valence-corrected chi connectivity index (χ4v) is 3.72. The molecule has 1 aliphatic heterocycles. The van der Waals surface area contributed by atoms with Crippen molar-refractivity contribution in [1.82, 2.24) is 15.0 Å². The number of amides is 2. The Bertz CT molecular complexity index is 1210. The Labute approximate surface area is 177 Å². The first-order valence-electron chi connectivity index (χ1n) is 9.65. The molecule has 3 aromatic rings. The Balaban J connectivity index is 1.58. The van der Waals surface area contributed by atoms with Crippen LogP contribution in [-0.4, -0.2) is 27.9 Å². The summed E-state index contributed by atoms with van der Waals surface area (Å²) in [6.07, 6.45) is 1.23. The SMILES string of the molecule is CCn1c(NNC(=O)c2ccc(Cl)c(N3CCCC3=O)c2)nc2ccccc2c1=O. The van der Waals surface area contributed by atoms with Gasteiger partial charge in [0, 0.05) is 25.1 Å². The zero-order valence-corrected chi connectivity index (χ0v) is 17.1. The summed E-state index contributed by atoms with van der Waals surface area (Å²) in [5, 5.41) is 0.916. The summed E-state index contributed by atoms with van der Waals surface area (Å²) in [4.78, 5) is 43.4. The minimum absolute atomic E-state index is 0.0140. The second kappa shape index (κ2) is 8.16. The smallest absolute Gasteiger partial charge is 0.269 e. The number of carbonyl (C=O) groups is 2. The highest BCUT2D eigenvalue weighted by atomic mass is 35.5. The summed E-state index contributed by atoms with van der Waals surface area (Å²) >= 11 is 6.24. The molecule has 1 fully saturated rings. The topological polar surface area (TPSA) is 96.3 Å². The number of benzene rings is 2. The molecule has 1 aromatic heterocycles. The van der Waals surface area contributed by atoms with Crippen molar-refractivity contribution in [3.05, 3.63) is 63.4 Å². The van der Waals surface area contributed by atoms with E-state index in [0.29, 0.717) is 46.7 Å². The molecule has 1 saturated heterocycles. The van der Waals surface area contributed by atoms with Crippen LogP contribution >= 0.6 is 11.6 Å². The van der Waals surface area contributed by atoms with Crippen molar-refractivity contribution in [1.29, 1.82) is 0 Å². The van der Waals surface area contributed by atoms with Gasteiger partial charge in [-0.2, -0.15) is 0 Å². The van der Waals surface area contributed by atoms with Gasteiger partial charge in [0.2, 0.25) is 11.9 Å². The molecule has 4 rings (SSSR count). The van der Waals surface area contributed by atoms with Crippen molar-refractivity contribution in [3.63, 3.8) is 0 Å². The van der Waals surface area contributed by atoms with Crippen molar-refractivity contribution in [2.75, 3.05) is 16.9 Å². The van der Waals surface area contributed by atoms with Crippen molar-refractivity contribution in [2.45, 2.75) is 26.3 Å². The Morgan fingerprint density at radius 3 is 2.73 bits per heavy atom. The molecule has 30 heavy (non-hydrogen) atoms. The van der Waals surface area contributed by atoms with Crippen LogP contribution in [0, 0.1) is 0 Å². The van der Waals surface area contributed by atoms with Crippen molar-refractivity contribution >= 4 is 46.0 Å². The van der Waals surface area contributed by atoms with E-state index in [9.17, 15) is 14.4 Å². The predicted molar refractivity (Wildman–Crippen MR) is 116 cm³/mol. The third-order valence-electron chi connectivity index (χ3n) is 5.04. The summed E-state index contributed by atoms with van der Waals surface area (Å²) < 4.78 is 1.44. The molecule has 0 unspecified atom stereocenters. The average Bonchev–Trinajstić information content (AvgIpc) is 3.18. The van der Waals surface area contributed by atoms with Crippen LogP contribution in [0.2, 0.25) is 5.02 Å². The highest BCUT2D eigenvalue weighted by Gasteiger charge is 2.24. The number of para-hydroxylation sites is 1. The van der Waals surface area contributed by atoms with Crippen LogP contribution in [0.5, 0.6) is 0 Å². The third kappa shape index (κ3) is 3.61. The molecule has 0 aliphatic carbocycles. The molecule has 1 aliphatic rings. The molecule has 0 spiro atoms. The Kier molecular flexibility index (Phi) is 5.41. The van der Waals surface area contributed by atoms with Crippen LogP contribution in [0.3, 0.4) is 0 Å². The highest BCUT2D eigenvalue weighted by molar-refractivity contribution is 6.34. The lowest BCUT2D eigenvalue weighted by atomic mass is 10.2. The van der Waals surface area contributed by atoms with E-state index >= 15 is 0 Å². The van der Waals surface area contributed by atoms with E-state index in [2.05, 4.69) is 15.8 Å². The average molecular weight is 426 g/mol. The second-order valence-electron chi connectivity index (χ2n) is 6.90. The van der Waals surface area contributed by atoms with Crippen molar-refractivity contribution < 1.29 is 9.59 Å². The fraction of sp³-hybridized carbons (Fsp3) is 0.238. The third-order valence-corrected chi connectivity index (χ3v) is 5.36. The number of halogens is 1. The first-order valence-corrected chi connectivity index (χ1v) is 10.0. The summed E-state index contributed by atoms with van der Waals surface area (Å²) in [6.45, 7) is 2.78. The largest absolute Gasteiger partial charge is 0.311 e. The number of aromatic nitrogens is 2. The summed E-state index contributed by atoms with van der Waals surface area (Å²) in [5.41, 5.74) is 6.50. The standard InChI is InChI=1S/C21H20ClN5O3/c1-2-26-20(30)14-6-3-4-7-16(14)23-21(26)25-24-19(29)13-9-10-15(22)17(12-13)27-11-5-8-18(27)28/h3-4,6-7,9-10,12H,2,5,8,11H2,1H3,(H,23,25)(H,24,29). The maximum Gasteiger partial charge on any atom is 0.269 e. The molecule has 2 aromatic carbocycles. The molecule has 0 radical (unpaired) electrons. The maximum atomic E-state index is 12.7. The zero-order chi connectivity index (χ0) is 21.3. The van der Waals surface area contributed by atoms with Gasteiger partial charge in [-0.05, 0) is 43.7 Å². The van der Waals surface area contributed by atoms with E-state index in [4.69, 9.17) is 11.6 Å².